The van der Waals surface area contributed by atoms with Gasteiger partial charge >= 0.3 is 0 Å². The van der Waals surface area contributed by atoms with Crippen molar-refractivity contribution < 1.29 is 13.9 Å². The number of hydrogen-bond acceptors (Lipinski definition) is 7. The number of methoxy groups -OCH3 is 2. The quantitative estimate of drug-likeness (QED) is 0.324. The lowest BCUT2D eigenvalue weighted by Crippen LogP contribution is -2.21. The van der Waals surface area contributed by atoms with Crippen LogP contribution in [0.3, 0.4) is 0 Å². The summed E-state index contributed by atoms with van der Waals surface area (Å²) in [6.45, 7) is 0.281. The molecule has 0 aliphatic carbocycles. The SMILES string of the molecule is COc1cccc(-c2nc(Cn3cnc4scc(-c5ccc(F)cc5)c4c3=O)cs2)c1OC. The molecule has 0 spiro atoms. The largest absolute Gasteiger partial charge is 0.493 e. The van der Waals surface area contributed by atoms with Crippen LogP contribution in [-0.4, -0.2) is 28.8 Å². The van der Waals surface area contributed by atoms with E-state index < -0.39 is 0 Å². The molecule has 0 saturated heterocycles. The zero-order chi connectivity index (χ0) is 22.9. The van der Waals surface area contributed by atoms with Crippen molar-refractivity contribution in [1.82, 2.24) is 14.5 Å². The maximum absolute atomic E-state index is 13.3. The Kier molecular flexibility index (Phi) is 5.65. The Balaban J connectivity index is 1.51. The maximum Gasteiger partial charge on any atom is 0.263 e. The first-order chi connectivity index (χ1) is 16.1. The molecule has 0 saturated carbocycles. The third kappa shape index (κ3) is 3.90. The van der Waals surface area contributed by atoms with E-state index in [1.807, 2.05) is 29.0 Å². The highest BCUT2D eigenvalue weighted by Crippen LogP contribution is 2.39. The lowest BCUT2D eigenvalue weighted by molar-refractivity contribution is 0.356. The summed E-state index contributed by atoms with van der Waals surface area (Å²) in [6, 6.07) is 11.7. The average molecular weight is 480 g/mol. The molecule has 166 valence electrons. The van der Waals surface area contributed by atoms with Crippen LogP contribution in [0.1, 0.15) is 5.69 Å². The molecule has 3 heterocycles. The van der Waals surface area contributed by atoms with Gasteiger partial charge in [0.25, 0.3) is 5.56 Å². The van der Waals surface area contributed by atoms with Crippen LogP contribution in [0, 0.1) is 5.82 Å². The first-order valence-corrected chi connectivity index (χ1v) is 11.7. The Morgan fingerprint density at radius 2 is 1.82 bits per heavy atom. The van der Waals surface area contributed by atoms with Gasteiger partial charge in [0.05, 0.1) is 43.7 Å². The van der Waals surface area contributed by atoms with Gasteiger partial charge in [-0.05, 0) is 29.8 Å². The van der Waals surface area contributed by atoms with Gasteiger partial charge in [-0.25, -0.2) is 14.4 Å². The zero-order valence-corrected chi connectivity index (χ0v) is 19.4. The number of ether oxygens (including phenoxy) is 2. The van der Waals surface area contributed by atoms with Crippen LogP contribution in [0.25, 0.3) is 31.9 Å². The van der Waals surface area contributed by atoms with Crippen LogP contribution < -0.4 is 15.0 Å². The molecular weight excluding hydrogens is 461 g/mol. The van der Waals surface area contributed by atoms with Crippen LogP contribution in [0.5, 0.6) is 11.5 Å². The summed E-state index contributed by atoms with van der Waals surface area (Å²) in [5.41, 5.74) is 2.93. The van der Waals surface area contributed by atoms with Gasteiger partial charge in [0.1, 0.15) is 15.7 Å². The van der Waals surface area contributed by atoms with Crippen LogP contribution in [0.4, 0.5) is 4.39 Å². The summed E-state index contributed by atoms with van der Waals surface area (Å²) in [4.78, 5) is 23.1. The number of hydrogen-bond donors (Lipinski definition) is 0. The third-order valence-corrected chi connectivity index (χ3v) is 7.04. The van der Waals surface area contributed by atoms with Gasteiger partial charge in [-0.15, -0.1) is 22.7 Å². The number of aromatic nitrogens is 3. The molecule has 0 bridgehead atoms. The number of halogens is 1. The smallest absolute Gasteiger partial charge is 0.263 e. The molecule has 0 N–H and O–H groups in total. The highest BCUT2D eigenvalue weighted by Gasteiger charge is 2.17. The second kappa shape index (κ2) is 8.76. The van der Waals surface area contributed by atoms with Gasteiger partial charge in [0, 0.05) is 16.3 Å². The number of fused-ring (bicyclic) bond motifs is 1. The van der Waals surface area contributed by atoms with E-state index in [2.05, 4.69) is 4.98 Å². The third-order valence-electron chi connectivity index (χ3n) is 5.23. The fourth-order valence-corrected chi connectivity index (χ4v) is 5.39. The fourth-order valence-electron chi connectivity index (χ4n) is 3.66. The maximum atomic E-state index is 13.3. The Hall–Kier alpha value is -3.56. The molecule has 0 aliphatic rings. The molecule has 0 amide bonds. The minimum atomic E-state index is -0.319. The average Bonchev–Trinajstić information content (AvgIpc) is 3.48. The van der Waals surface area contributed by atoms with Gasteiger partial charge in [-0.3, -0.25) is 9.36 Å². The number of para-hydroxylation sites is 1. The molecule has 0 atom stereocenters. The fraction of sp³-hybridized carbons (Fsp3) is 0.125. The molecule has 2 aromatic carbocycles. The summed E-state index contributed by atoms with van der Waals surface area (Å²) < 4.78 is 25.8. The van der Waals surface area contributed by atoms with E-state index in [9.17, 15) is 9.18 Å². The summed E-state index contributed by atoms with van der Waals surface area (Å²) in [6.07, 6.45) is 1.54. The van der Waals surface area contributed by atoms with Crippen molar-refractivity contribution in [3.05, 3.63) is 81.4 Å². The number of nitrogens with zero attached hydrogens (tertiary/aromatic N) is 3. The van der Waals surface area contributed by atoms with Crippen molar-refractivity contribution in [2.75, 3.05) is 14.2 Å². The van der Waals surface area contributed by atoms with Gasteiger partial charge in [-0.1, -0.05) is 18.2 Å². The van der Waals surface area contributed by atoms with Crippen LogP contribution in [0.15, 0.2) is 64.3 Å². The Bertz CT molecular complexity index is 1510. The highest BCUT2D eigenvalue weighted by molar-refractivity contribution is 7.17. The van der Waals surface area contributed by atoms with Crippen molar-refractivity contribution >= 4 is 32.9 Å². The molecule has 0 fully saturated rings. The minimum Gasteiger partial charge on any atom is -0.493 e. The monoisotopic (exact) mass is 479 g/mol. The molecule has 3 aromatic heterocycles. The van der Waals surface area contributed by atoms with E-state index in [0.717, 1.165) is 27.4 Å². The number of thiophene rings is 1. The van der Waals surface area contributed by atoms with E-state index in [0.29, 0.717) is 21.7 Å². The zero-order valence-electron chi connectivity index (χ0n) is 17.7. The van der Waals surface area contributed by atoms with Crippen molar-refractivity contribution in [2.45, 2.75) is 6.54 Å². The number of benzene rings is 2. The summed E-state index contributed by atoms with van der Waals surface area (Å²) in [5.74, 6) is 0.924. The predicted octanol–water partition coefficient (Wildman–Crippen LogP) is 5.45. The molecule has 5 aromatic rings. The van der Waals surface area contributed by atoms with E-state index >= 15 is 0 Å². The Morgan fingerprint density at radius 1 is 1.00 bits per heavy atom. The molecule has 6 nitrogen and oxygen atoms in total. The van der Waals surface area contributed by atoms with Crippen LogP contribution in [0.2, 0.25) is 0 Å². The Labute approximate surface area is 196 Å². The van der Waals surface area contributed by atoms with E-state index in [4.69, 9.17) is 14.5 Å². The molecule has 0 radical (unpaired) electrons. The molecule has 0 unspecified atom stereocenters. The molecular formula is C24H18FN3O3S2. The van der Waals surface area contributed by atoms with Crippen LogP contribution >= 0.6 is 22.7 Å². The summed E-state index contributed by atoms with van der Waals surface area (Å²) >= 11 is 2.86. The number of thiazole rings is 1. The van der Waals surface area contributed by atoms with Crippen LogP contribution in [-0.2, 0) is 6.54 Å². The topological polar surface area (TPSA) is 66.2 Å². The summed E-state index contributed by atoms with van der Waals surface area (Å²) in [5, 5.41) is 5.09. The van der Waals surface area contributed by atoms with Gasteiger partial charge in [0.15, 0.2) is 11.5 Å². The molecule has 9 heteroatoms. The standard InChI is InChI=1S/C24H18FN3O3S2/c1-30-19-5-3-4-17(21(19)31-2)22-27-16(11-32-22)10-28-13-26-23-20(24(28)29)18(12-33-23)14-6-8-15(25)9-7-14/h3-9,11-13H,10H2,1-2H3. The first kappa shape index (κ1) is 21.3. The molecule has 33 heavy (non-hydrogen) atoms. The lowest BCUT2D eigenvalue weighted by Gasteiger charge is -2.10. The normalized spacial score (nSPS) is 11.1. The van der Waals surface area contributed by atoms with Crippen molar-refractivity contribution in [2.24, 2.45) is 0 Å². The van der Waals surface area contributed by atoms with Gasteiger partial charge in [-0.2, -0.15) is 0 Å². The second-order valence-electron chi connectivity index (χ2n) is 7.20. The van der Waals surface area contributed by atoms with E-state index in [-0.39, 0.29) is 17.9 Å². The Morgan fingerprint density at radius 3 is 2.58 bits per heavy atom. The van der Waals surface area contributed by atoms with Gasteiger partial charge < -0.3 is 9.47 Å². The molecule has 5 rings (SSSR count). The number of rotatable bonds is 6. The first-order valence-electron chi connectivity index (χ1n) is 9.97. The predicted molar refractivity (Wildman–Crippen MR) is 129 cm³/mol. The van der Waals surface area contributed by atoms with Crippen molar-refractivity contribution in [1.29, 1.82) is 0 Å². The summed E-state index contributed by atoms with van der Waals surface area (Å²) in [7, 11) is 3.19. The lowest BCUT2D eigenvalue weighted by atomic mass is 10.1. The minimum absolute atomic E-state index is 0.158. The van der Waals surface area contributed by atoms with Crippen molar-refractivity contribution in [3.63, 3.8) is 0 Å². The highest BCUT2D eigenvalue weighted by atomic mass is 32.1. The van der Waals surface area contributed by atoms with Crippen molar-refractivity contribution in [3.8, 4) is 33.2 Å². The second-order valence-corrected chi connectivity index (χ2v) is 8.92. The van der Waals surface area contributed by atoms with E-state index in [1.54, 1.807) is 37.2 Å². The van der Waals surface area contributed by atoms with E-state index in [1.165, 1.54) is 34.8 Å². The molecule has 0 aliphatic heterocycles. The van der Waals surface area contributed by atoms with Gasteiger partial charge in [0.2, 0.25) is 0 Å².